The predicted molar refractivity (Wildman–Crippen MR) is 86.3 cm³/mol. The number of carbonyl (C=O) groups excluding carboxylic acids is 1. The van der Waals surface area contributed by atoms with Crippen LogP contribution in [0.4, 0.5) is 9.39 Å². The van der Waals surface area contributed by atoms with Crippen LogP contribution in [0.25, 0.3) is 10.2 Å². The van der Waals surface area contributed by atoms with Gasteiger partial charge < -0.3 is 4.57 Å². The average molecular weight is 351 g/mol. The van der Waals surface area contributed by atoms with Gasteiger partial charge in [-0.1, -0.05) is 28.7 Å². The van der Waals surface area contributed by atoms with E-state index in [0.29, 0.717) is 21.6 Å². The molecule has 1 aromatic carbocycles. The van der Waals surface area contributed by atoms with Gasteiger partial charge in [0, 0.05) is 12.6 Å². The fourth-order valence-corrected chi connectivity index (χ4v) is 3.96. The zero-order valence-corrected chi connectivity index (χ0v) is 13.5. The average Bonchev–Trinajstić information content (AvgIpc) is 3.12. The Morgan fingerprint density at radius 3 is 2.78 bits per heavy atom. The lowest BCUT2D eigenvalue weighted by atomic mass is 10.3. The molecule has 0 unspecified atom stereocenters. The number of thiazole rings is 1. The van der Waals surface area contributed by atoms with Gasteiger partial charge in [0.05, 0.1) is 15.1 Å². The highest BCUT2D eigenvalue weighted by Crippen LogP contribution is 2.25. The van der Waals surface area contributed by atoms with Crippen LogP contribution in [-0.4, -0.2) is 15.4 Å². The smallest absolute Gasteiger partial charge is 0.314 e. The normalized spacial score (nSPS) is 12.0. The van der Waals surface area contributed by atoms with Crippen LogP contribution in [0.5, 0.6) is 0 Å². The molecule has 0 aliphatic heterocycles. The van der Waals surface area contributed by atoms with E-state index in [1.165, 1.54) is 29.5 Å². The first-order valence-electron chi connectivity index (χ1n) is 6.62. The van der Waals surface area contributed by atoms with E-state index in [1.807, 2.05) is 6.92 Å². The topological polar surface area (TPSA) is 77.5 Å². The number of fused-ring (bicyclic) bond motifs is 1. The van der Waals surface area contributed by atoms with Gasteiger partial charge in [-0.25, -0.2) is 4.39 Å². The molecule has 0 radical (unpaired) electrons. The Balaban J connectivity index is 2.11. The van der Waals surface area contributed by atoms with Crippen molar-refractivity contribution in [1.82, 2.24) is 4.57 Å². The van der Waals surface area contributed by atoms with E-state index in [9.17, 15) is 19.3 Å². The van der Waals surface area contributed by atoms with E-state index in [1.54, 1.807) is 16.7 Å². The number of hydrogen-bond acceptors (Lipinski definition) is 5. The second-order valence-electron chi connectivity index (χ2n) is 4.53. The fourth-order valence-electron chi connectivity index (χ4n) is 2.15. The summed E-state index contributed by atoms with van der Waals surface area (Å²) in [4.78, 5) is 26.9. The van der Waals surface area contributed by atoms with Crippen molar-refractivity contribution in [1.29, 1.82) is 0 Å². The maximum Gasteiger partial charge on any atom is 0.324 e. The summed E-state index contributed by atoms with van der Waals surface area (Å²) in [6.45, 7) is 2.29. The van der Waals surface area contributed by atoms with Gasteiger partial charge in [0.2, 0.25) is 0 Å². The molecule has 0 aliphatic carbocycles. The molecule has 23 heavy (non-hydrogen) atoms. The largest absolute Gasteiger partial charge is 0.324 e. The Hall–Kier alpha value is -2.39. The zero-order valence-electron chi connectivity index (χ0n) is 11.9. The van der Waals surface area contributed by atoms with Gasteiger partial charge in [-0.05, 0) is 25.1 Å². The van der Waals surface area contributed by atoms with Crippen LogP contribution in [-0.2, 0) is 6.54 Å². The van der Waals surface area contributed by atoms with Crippen molar-refractivity contribution in [3.63, 3.8) is 0 Å². The molecule has 0 fully saturated rings. The summed E-state index contributed by atoms with van der Waals surface area (Å²) in [5.41, 5.74) is 0.406. The summed E-state index contributed by atoms with van der Waals surface area (Å²) < 4.78 is 16.3. The van der Waals surface area contributed by atoms with Crippen LogP contribution in [0.15, 0.2) is 35.3 Å². The third kappa shape index (κ3) is 2.80. The number of halogens is 1. The lowest BCUT2D eigenvalue weighted by Crippen LogP contribution is -2.16. The van der Waals surface area contributed by atoms with Gasteiger partial charge in [-0.3, -0.25) is 14.9 Å². The van der Waals surface area contributed by atoms with Crippen LogP contribution in [0.3, 0.4) is 0 Å². The van der Waals surface area contributed by atoms with Crippen molar-refractivity contribution < 1.29 is 14.1 Å². The molecule has 2 heterocycles. The quantitative estimate of drug-likeness (QED) is 0.534. The standard InChI is InChI=1S/C14H10FN3O3S2/c1-2-17-12-8(15)4-3-5-9(12)23-14(17)16-13(19)10-6-7-11(22-10)18(20)21/h3-7H,2H2,1H3. The number of thiophene rings is 1. The molecule has 2 aromatic heterocycles. The predicted octanol–water partition coefficient (Wildman–Crippen LogP) is 3.57. The van der Waals surface area contributed by atoms with E-state index in [4.69, 9.17) is 0 Å². The molecule has 6 nitrogen and oxygen atoms in total. The highest BCUT2D eigenvalue weighted by atomic mass is 32.1. The van der Waals surface area contributed by atoms with Gasteiger partial charge in [0.1, 0.15) is 10.7 Å². The molecular weight excluding hydrogens is 341 g/mol. The summed E-state index contributed by atoms with van der Waals surface area (Å²) in [5, 5.41) is 10.6. The molecule has 3 rings (SSSR count). The highest BCUT2D eigenvalue weighted by molar-refractivity contribution is 7.17. The molecule has 3 aromatic rings. The van der Waals surface area contributed by atoms with Crippen LogP contribution >= 0.6 is 22.7 Å². The number of amides is 1. The van der Waals surface area contributed by atoms with Crippen molar-refractivity contribution in [3.8, 4) is 0 Å². The van der Waals surface area contributed by atoms with Crippen LogP contribution in [0, 0.1) is 15.9 Å². The van der Waals surface area contributed by atoms with E-state index in [2.05, 4.69) is 4.99 Å². The first-order chi connectivity index (χ1) is 11.0. The first kappa shape index (κ1) is 15.5. The van der Waals surface area contributed by atoms with Gasteiger partial charge >= 0.3 is 5.00 Å². The Bertz CT molecular complexity index is 987. The van der Waals surface area contributed by atoms with Crippen molar-refractivity contribution in [2.75, 3.05) is 0 Å². The summed E-state index contributed by atoms with van der Waals surface area (Å²) in [5.74, 6) is -0.946. The summed E-state index contributed by atoms with van der Waals surface area (Å²) in [6.07, 6.45) is 0. The monoisotopic (exact) mass is 351 g/mol. The van der Waals surface area contributed by atoms with Crippen molar-refractivity contribution in [3.05, 3.63) is 55.9 Å². The highest BCUT2D eigenvalue weighted by Gasteiger charge is 2.16. The number of hydrogen-bond donors (Lipinski definition) is 0. The van der Waals surface area contributed by atoms with E-state index in [0.717, 1.165) is 11.3 Å². The minimum atomic E-state index is -0.572. The number of para-hydroxylation sites is 1. The number of nitrogens with zero attached hydrogens (tertiary/aromatic N) is 3. The number of carbonyl (C=O) groups is 1. The summed E-state index contributed by atoms with van der Waals surface area (Å²) in [7, 11) is 0. The Kier molecular flexibility index (Phi) is 4.05. The van der Waals surface area contributed by atoms with Crippen LogP contribution < -0.4 is 4.80 Å². The Morgan fingerprint density at radius 1 is 1.35 bits per heavy atom. The second-order valence-corrected chi connectivity index (χ2v) is 6.60. The molecule has 0 bridgehead atoms. The third-order valence-corrected chi connectivity index (χ3v) is 5.22. The molecule has 0 aliphatic rings. The minimum absolute atomic E-state index is 0.116. The molecule has 1 amide bonds. The molecular formula is C14H10FN3O3S2. The van der Waals surface area contributed by atoms with Crippen molar-refractivity contribution in [2.45, 2.75) is 13.5 Å². The number of benzene rings is 1. The van der Waals surface area contributed by atoms with Gasteiger partial charge in [-0.2, -0.15) is 4.99 Å². The number of aryl methyl sites for hydroxylation is 1. The molecule has 0 spiro atoms. The fraction of sp³-hybridized carbons (Fsp3) is 0.143. The summed E-state index contributed by atoms with van der Waals surface area (Å²) in [6, 6.07) is 7.36. The number of nitro groups is 1. The van der Waals surface area contributed by atoms with E-state index < -0.39 is 10.8 Å². The van der Waals surface area contributed by atoms with E-state index in [-0.39, 0.29) is 15.7 Å². The molecule has 0 atom stereocenters. The zero-order chi connectivity index (χ0) is 16.6. The van der Waals surface area contributed by atoms with Crippen LogP contribution in [0.1, 0.15) is 16.6 Å². The van der Waals surface area contributed by atoms with E-state index >= 15 is 0 Å². The maximum absolute atomic E-state index is 14.0. The van der Waals surface area contributed by atoms with Gasteiger partial charge in [0.25, 0.3) is 5.91 Å². The van der Waals surface area contributed by atoms with Gasteiger partial charge in [-0.15, -0.1) is 0 Å². The minimum Gasteiger partial charge on any atom is -0.314 e. The molecule has 0 N–H and O–H groups in total. The lowest BCUT2D eigenvalue weighted by Gasteiger charge is -2.00. The first-order valence-corrected chi connectivity index (χ1v) is 8.25. The number of rotatable bonds is 3. The third-order valence-electron chi connectivity index (χ3n) is 3.15. The lowest BCUT2D eigenvalue weighted by molar-refractivity contribution is -0.380. The number of aromatic nitrogens is 1. The second kappa shape index (κ2) is 6.01. The van der Waals surface area contributed by atoms with Crippen molar-refractivity contribution >= 4 is 43.8 Å². The van der Waals surface area contributed by atoms with Crippen LogP contribution in [0.2, 0.25) is 0 Å². The summed E-state index contributed by atoms with van der Waals surface area (Å²) >= 11 is 1.98. The molecule has 118 valence electrons. The molecule has 9 heteroatoms. The molecule has 0 saturated carbocycles. The molecule has 0 saturated heterocycles. The maximum atomic E-state index is 14.0. The van der Waals surface area contributed by atoms with Crippen molar-refractivity contribution in [2.24, 2.45) is 4.99 Å². The SMILES string of the molecule is CCn1c(=NC(=O)c2ccc([N+](=O)[O-])s2)sc2cccc(F)c21. The Labute approximate surface area is 137 Å². The Morgan fingerprint density at radius 2 is 2.13 bits per heavy atom. The van der Waals surface area contributed by atoms with Gasteiger partial charge in [0.15, 0.2) is 4.80 Å².